The molecular weight excluding hydrogens is 590 g/mol. The number of carbonyl (C=O) groups excluding carboxylic acids is 3. The van der Waals surface area contributed by atoms with Gasteiger partial charge in [0.25, 0.3) is 5.91 Å². The number of nitrogens with zero attached hydrogens (tertiary/aromatic N) is 2. The Morgan fingerprint density at radius 2 is 1.77 bits per heavy atom. The van der Waals surface area contributed by atoms with Crippen LogP contribution in [0.4, 0.5) is 23.2 Å². The smallest absolute Gasteiger partial charge is 0.416 e. The second kappa shape index (κ2) is 14.9. The normalized spacial score (nSPS) is 11.2. The quantitative estimate of drug-likeness (QED) is 0.114. The molecule has 0 atom stereocenters. The van der Waals surface area contributed by atoms with E-state index in [2.05, 4.69) is 15.0 Å². The lowest BCUT2D eigenvalue weighted by atomic mass is 10.0. The van der Waals surface area contributed by atoms with Crippen molar-refractivity contribution < 1.29 is 41.4 Å². The third-order valence-corrected chi connectivity index (χ3v) is 7.41. The minimum atomic E-state index is -4.69. The topological polar surface area (TPSA) is 97.8 Å². The lowest BCUT2D eigenvalue weighted by molar-refractivity contribution is -0.141. The number of ether oxygens (including phenoxy) is 2. The van der Waals surface area contributed by atoms with Crippen LogP contribution in [0.1, 0.15) is 40.9 Å². The molecular formula is C30H31F4N3O5S. The number of anilines is 1. The third kappa shape index (κ3) is 9.18. The van der Waals surface area contributed by atoms with Crippen molar-refractivity contribution in [2.45, 2.75) is 37.3 Å². The summed E-state index contributed by atoms with van der Waals surface area (Å²) >= 11 is 1.13. The molecule has 0 aliphatic heterocycles. The summed E-state index contributed by atoms with van der Waals surface area (Å²) in [6.07, 6.45) is -2.17. The van der Waals surface area contributed by atoms with Crippen molar-refractivity contribution in [3.05, 3.63) is 71.3 Å². The van der Waals surface area contributed by atoms with Crippen molar-refractivity contribution >= 4 is 35.2 Å². The number of benzene rings is 2. The molecule has 230 valence electrons. The van der Waals surface area contributed by atoms with E-state index < -0.39 is 29.4 Å². The number of thioether (sulfide) groups is 1. The Labute approximate surface area is 250 Å². The van der Waals surface area contributed by atoms with Crippen molar-refractivity contribution in [3.63, 3.8) is 0 Å². The number of hydrogen-bond acceptors (Lipinski definition) is 7. The molecule has 0 bridgehead atoms. The molecule has 3 rings (SSSR count). The largest absolute Gasteiger partial charge is 0.496 e. The maximum atomic E-state index is 13.9. The summed E-state index contributed by atoms with van der Waals surface area (Å²) in [5.74, 6) is -1.53. The van der Waals surface area contributed by atoms with Gasteiger partial charge in [-0.2, -0.15) is 13.2 Å². The molecule has 0 fully saturated rings. The maximum absolute atomic E-state index is 13.9. The Hall–Kier alpha value is -4.13. The number of rotatable bonds is 12. The van der Waals surface area contributed by atoms with Crippen LogP contribution in [0.3, 0.4) is 0 Å². The van der Waals surface area contributed by atoms with E-state index in [1.54, 1.807) is 13.0 Å². The van der Waals surface area contributed by atoms with Crippen LogP contribution in [-0.4, -0.2) is 56.3 Å². The van der Waals surface area contributed by atoms with E-state index in [9.17, 15) is 31.9 Å². The van der Waals surface area contributed by atoms with Crippen LogP contribution in [0.2, 0.25) is 0 Å². The van der Waals surface area contributed by atoms with Crippen LogP contribution in [0.15, 0.2) is 53.6 Å². The number of unbranched alkanes of at least 4 members (excludes halogenated alkanes) is 1. The second-order valence-corrected chi connectivity index (χ2v) is 10.6. The lowest BCUT2D eigenvalue weighted by Gasteiger charge is -2.23. The summed E-state index contributed by atoms with van der Waals surface area (Å²) in [4.78, 5) is 42.2. The van der Waals surface area contributed by atoms with E-state index in [0.29, 0.717) is 35.4 Å². The Morgan fingerprint density at radius 1 is 1.02 bits per heavy atom. The zero-order chi connectivity index (χ0) is 31.7. The second-order valence-electron chi connectivity index (χ2n) is 9.45. The van der Waals surface area contributed by atoms with Gasteiger partial charge in [0.2, 0.25) is 5.91 Å². The molecule has 0 saturated carbocycles. The van der Waals surface area contributed by atoms with Crippen molar-refractivity contribution in [3.8, 4) is 16.9 Å². The first-order chi connectivity index (χ1) is 20.3. The molecule has 3 aromatic rings. The molecule has 0 radical (unpaired) electrons. The molecule has 1 aromatic heterocycles. The summed E-state index contributed by atoms with van der Waals surface area (Å²) in [6.45, 7) is 1.49. The number of halogens is 4. The Balaban J connectivity index is 1.81. The van der Waals surface area contributed by atoms with E-state index in [1.807, 2.05) is 0 Å². The lowest BCUT2D eigenvalue weighted by Crippen LogP contribution is -2.29. The van der Waals surface area contributed by atoms with Crippen LogP contribution in [0.5, 0.6) is 5.75 Å². The summed E-state index contributed by atoms with van der Waals surface area (Å²) < 4.78 is 65.1. The van der Waals surface area contributed by atoms with Gasteiger partial charge in [-0.1, -0.05) is 0 Å². The monoisotopic (exact) mass is 621 g/mol. The molecule has 2 aromatic carbocycles. The minimum absolute atomic E-state index is 0.139. The van der Waals surface area contributed by atoms with Crippen molar-refractivity contribution in [2.75, 3.05) is 38.5 Å². The van der Waals surface area contributed by atoms with Gasteiger partial charge in [-0.15, -0.1) is 11.8 Å². The van der Waals surface area contributed by atoms with Gasteiger partial charge in [-0.3, -0.25) is 19.4 Å². The summed E-state index contributed by atoms with van der Waals surface area (Å²) in [7, 11) is 4.01. The van der Waals surface area contributed by atoms with Gasteiger partial charge >= 0.3 is 12.1 Å². The fourth-order valence-electron chi connectivity index (χ4n) is 4.10. The van der Waals surface area contributed by atoms with Crippen LogP contribution in [0.25, 0.3) is 11.1 Å². The first kappa shape index (κ1) is 33.4. The summed E-state index contributed by atoms with van der Waals surface area (Å²) in [5, 5.41) is 2.42. The number of pyridine rings is 1. The van der Waals surface area contributed by atoms with E-state index in [-0.39, 0.29) is 40.8 Å². The zero-order valence-corrected chi connectivity index (χ0v) is 24.8. The molecule has 0 aliphatic rings. The van der Waals surface area contributed by atoms with E-state index in [4.69, 9.17) is 4.74 Å². The Kier molecular flexibility index (Phi) is 11.5. The van der Waals surface area contributed by atoms with Crippen LogP contribution in [0, 0.1) is 12.7 Å². The number of esters is 1. The first-order valence-corrected chi connectivity index (χ1v) is 14.1. The molecule has 0 saturated heterocycles. The molecule has 2 amide bonds. The van der Waals surface area contributed by atoms with E-state index in [1.165, 1.54) is 56.6 Å². The van der Waals surface area contributed by atoms with Crippen LogP contribution in [-0.2, 0) is 20.5 Å². The van der Waals surface area contributed by atoms with Gasteiger partial charge in [0.1, 0.15) is 18.1 Å². The summed E-state index contributed by atoms with van der Waals surface area (Å²) in [5.41, 5.74) is 0.696. The molecule has 43 heavy (non-hydrogen) atoms. The van der Waals surface area contributed by atoms with Gasteiger partial charge < -0.3 is 19.7 Å². The minimum Gasteiger partial charge on any atom is -0.496 e. The molecule has 1 heterocycles. The summed E-state index contributed by atoms with van der Waals surface area (Å²) in [6, 6.07) is 8.78. The Morgan fingerprint density at radius 3 is 2.44 bits per heavy atom. The number of aryl methyl sites for hydroxylation is 1. The molecule has 0 spiro atoms. The fraction of sp³-hybridized carbons (Fsp3) is 0.333. The molecule has 8 nitrogen and oxygen atoms in total. The molecule has 0 unspecified atom stereocenters. The molecule has 0 aliphatic carbocycles. The number of aromatic nitrogens is 1. The van der Waals surface area contributed by atoms with E-state index >= 15 is 0 Å². The van der Waals surface area contributed by atoms with Gasteiger partial charge in [0.15, 0.2) is 0 Å². The predicted molar refractivity (Wildman–Crippen MR) is 155 cm³/mol. The number of amides is 2. The highest BCUT2D eigenvalue weighted by Crippen LogP contribution is 2.38. The number of hydrogen-bond donors (Lipinski definition) is 1. The van der Waals surface area contributed by atoms with Crippen molar-refractivity contribution in [1.82, 2.24) is 10.3 Å². The van der Waals surface area contributed by atoms with Crippen molar-refractivity contribution in [1.29, 1.82) is 0 Å². The first-order valence-electron chi connectivity index (χ1n) is 13.1. The highest BCUT2D eigenvalue weighted by atomic mass is 32.2. The van der Waals surface area contributed by atoms with Gasteiger partial charge in [0.05, 0.1) is 31.7 Å². The zero-order valence-electron chi connectivity index (χ0n) is 24.0. The fourth-order valence-corrected chi connectivity index (χ4v) is 5.11. The Bertz CT molecular complexity index is 1480. The van der Waals surface area contributed by atoms with Crippen molar-refractivity contribution in [2.24, 2.45) is 0 Å². The SMILES string of the molecule is COC(=O)CNC(=O)CCCCSc1cc(C(=O)N(C)c2cnc(C)cc2-c2ccc(F)cc2OC)cc(C(F)(F)F)c1. The molecule has 13 heteroatoms. The van der Waals surface area contributed by atoms with Gasteiger partial charge in [-0.25, -0.2) is 4.39 Å². The number of nitrogens with one attached hydrogen (secondary N) is 1. The third-order valence-electron chi connectivity index (χ3n) is 6.34. The average Bonchev–Trinajstić information content (AvgIpc) is 2.98. The number of alkyl halides is 3. The number of methoxy groups -OCH3 is 2. The number of carbonyl (C=O) groups is 3. The highest BCUT2D eigenvalue weighted by Gasteiger charge is 2.32. The van der Waals surface area contributed by atoms with Crippen LogP contribution >= 0.6 is 11.8 Å². The van der Waals surface area contributed by atoms with E-state index in [0.717, 1.165) is 23.9 Å². The van der Waals surface area contributed by atoms with Gasteiger partial charge in [0, 0.05) is 46.8 Å². The maximum Gasteiger partial charge on any atom is 0.416 e. The highest BCUT2D eigenvalue weighted by molar-refractivity contribution is 7.99. The van der Waals surface area contributed by atoms with Crippen LogP contribution < -0.4 is 15.0 Å². The standard InChI is InChI=1S/C30H31F4N3O5S/c1-18-11-24(23-9-8-21(31)15-26(23)41-3)25(16-35-18)37(2)29(40)19-12-20(30(32,33)34)14-22(13-19)43-10-6-5-7-27(38)36-17-28(39)42-4/h8-9,11-16H,5-7,10,17H2,1-4H3,(H,36,38). The average molecular weight is 622 g/mol. The predicted octanol–water partition coefficient (Wildman–Crippen LogP) is 6.05. The molecule has 1 N–H and O–H groups in total. The van der Waals surface area contributed by atoms with Gasteiger partial charge in [-0.05, 0) is 61.9 Å².